The van der Waals surface area contributed by atoms with Crippen LogP contribution in [0.5, 0.6) is 0 Å². The molecule has 0 aliphatic carbocycles. The summed E-state index contributed by atoms with van der Waals surface area (Å²) in [6.07, 6.45) is 1.41. The summed E-state index contributed by atoms with van der Waals surface area (Å²) in [5.41, 5.74) is 14.5. The fraction of sp³-hybridized carbons (Fsp3) is 0.385. The first-order valence-corrected chi connectivity index (χ1v) is 6.23. The Morgan fingerprint density at radius 3 is 1.95 bits per heavy atom. The third-order valence-electron chi connectivity index (χ3n) is 2.93. The summed E-state index contributed by atoms with van der Waals surface area (Å²) in [6, 6.07) is 3.20. The molecule has 0 radical (unpaired) electrons. The molecule has 0 aliphatic heterocycles. The monoisotopic (exact) mass is 335 g/mol. The Labute approximate surface area is 137 Å². The second-order valence-electron chi connectivity index (χ2n) is 4.17. The van der Waals surface area contributed by atoms with Crippen molar-refractivity contribution in [3.8, 4) is 0 Å². The second kappa shape index (κ2) is 9.31. The lowest BCUT2D eigenvalue weighted by Gasteiger charge is -2.25. The van der Waals surface area contributed by atoms with Crippen molar-refractivity contribution in [1.82, 2.24) is 5.32 Å². The molecule has 0 aromatic heterocycles. The van der Waals surface area contributed by atoms with Gasteiger partial charge in [-0.25, -0.2) is 9.69 Å². The van der Waals surface area contributed by atoms with E-state index in [2.05, 4.69) is 5.32 Å². The van der Waals surface area contributed by atoms with Gasteiger partial charge in [0, 0.05) is 12.7 Å². The average Bonchev–Trinajstić information content (AvgIpc) is 2.39. The van der Waals surface area contributed by atoms with Crippen molar-refractivity contribution in [3.63, 3.8) is 0 Å². The topological polar surface area (TPSA) is 108 Å². The third kappa shape index (κ3) is 4.68. The van der Waals surface area contributed by atoms with Crippen LogP contribution in [0.2, 0.25) is 0 Å². The van der Waals surface area contributed by atoms with Gasteiger partial charge in [-0.15, -0.1) is 24.8 Å². The van der Waals surface area contributed by atoms with Crippen LogP contribution in [0.3, 0.4) is 0 Å². The molecule has 0 saturated carbocycles. The minimum atomic E-state index is -0.429. The van der Waals surface area contributed by atoms with Gasteiger partial charge >= 0.3 is 6.03 Å². The molecule has 1 rings (SSSR count). The number of halogens is 2. The largest absolute Gasteiger partial charge is 0.399 e. The summed E-state index contributed by atoms with van der Waals surface area (Å²) in [5, 5.41) is 10.1. The average molecular weight is 336 g/mol. The van der Waals surface area contributed by atoms with Crippen LogP contribution in [-0.4, -0.2) is 19.0 Å². The number of amides is 2. The molecule has 0 unspecified atom stereocenters. The Balaban J connectivity index is 0. The first-order chi connectivity index (χ1) is 8.96. The zero-order valence-electron chi connectivity index (χ0n) is 12.4. The minimum Gasteiger partial charge on any atom is -0.399 e. The number of nitrogens with one attached hydrogen (secondary N) is 2. The zero-order chi connectivity index (χ0) is 14.6. The number of carbonyl (C=O) groups is 1. The normalized spacial score (nSPS) is 9.10. The molecule has 0 heterocycles. The van der Waals surface area contributed by atoms with E-state index in [0.717, 1.165) is 11.1 Å². The summed E-state index contributed by atoms with van der Waals surface area (Å²) in [7, 11) is 1.51. The number of rotatable bonds is 3. The van der Waals surface area contributed by atoms with Gasteiger partial charge in [-0.3, -0.25) is 5.41 Å². The van der Waals surface area contributed by atoms with Gasteiger partial charge < -0.3 is 16.8 Å². The van der Waals surface area contributed by atoms with Crippen molar-refractivity contribution in [2.24, 2.45) is 5.73 Å². The maximum atomic E-state index is 11.9. The maximum absolute atomic E-state index is 11.9. The molecule has 8 heteroatoms. The predicted molar refractivity (Wildman–Crippen MR) is 93.0 cm³/mol. The Hall–Kier alpha value is -1.66. The Morgan fingerprint density at radius 1 is 1.24 bits per heavy atom. The van der Waals surface area contributed by atoms with Gasteiger partial charge in [-0.2, -0.15) is 0 Å². The number of carbonyl (C=O) groups excluding carboxylic acids is 1. The molecular weight excluding hydrogens is 313 g/mol. The highest BCUT2D eigenvalue weighted by Gasteiger charge is 2.23. The van der Waals surface area contributed by atoms with E-state index >= 15 is 0 Å². The quantitative estimate of drug-likeness (QED) is 0.386. The van der Waals surface area contributed by atoms with Gasteiger partial charge in [0.2, 0.25) is 5.96 Å². The Morgan fingerprint density at radius 2 is 1.67 bits per heavy atom. The van der Waals surface area contributed by atoms with Crippen LogP contribution in [-0.2, 0) is 12.8 Å². The number of anilines is 2. The summed E-state index contributed by atoms with van der Waals surface area (Å²) in [4.78, 5) is 13.1. The maximum Gasteiger partial charge on any atom is 0.328 e. The highest BCUT2D eigenvalue weighted by Crippen LogP contribution is 2.29. The van der Waals surface area contributed by atoms with Crippen LogP contribution >= 0.6 is 24.8 Å². The smallest absolute Gasteiger partial charge is 0.328 e. The van der Waals surface area contributed by atoms with E-state index < -0.39 is 6.03 Å². The number of guanidine groups is 1. The van der Waals surface area contributed by atoms with Crippen molar-refractivity contribution in [2.75, 3.05) is 17.7 Å². The van der Waals surface area contributed by atoms with Crippen molar-refractivity contribution >= 4 is 48.2 Å². The fourth-order valence-electron chi connectivity index (χ4n) is 2.06. The molecule has 2 amide bonds. The molecule has 120 valence electrons. The van der Waals surface area contributed by atoms with E-state index in [0.29, 0.717) is 24.2 Å². The highest BCUT2D eigenvalue weighted by molar-refractivity contribution is 6.14. The number of nitrogens with zero attached hydrogens (tertiary/aromatic N) is 1. The zero-order valence-corrected chi connectivity index (χ0v) is 14.0. The van der Waals surface area contributed by atoms with Crippen LogP contribution in [0.4, 0.5) is 16.2 Å². The Kier molecular flexibility index (Phi) is 9.59. The van der Waals surface area contributed by atoms with Crippen LogP contribution < -0.4 is 21.7 Å². The number of hydrogen-bond donors (Lipinski definition) is 4. The predicted octanol–water partition coefficient (Wildman–Crippen LogP) is 2.28. The fourth-order valence-corrected chi connectivity index (χ4v) is 2.06. The van der Waals surface area contributed by atoms with Crippen molar-refractivity contribution in [2.45, 2.75) is 26.7 Å². The number of aryl methyl sites for hydroxylation is 2. The van der Waals surface area contributed by atoms with Crippen LogP contribution in [0.15, 0.2) is 12.1 Å². The number of urea groups is 1. The molecule has 0 saturated heterocycles. The first kappa shape index (κ1) is 21.6. The SMILES string of the molecule is CCc1cc(N)cc(CC)c1N(C(=N)N)C(=O)NC.Cl.Cl. The van der Waals surface area contributed by atoms with E-state index in [1.807, 2.05) is 26.0 Å². The van der Waals surface area contributed by atoms with E-state index in [1.54, 1.807) is 0 Å². The molecule has 1 aromatic carbocycles. The molecule has 0 atom stereocenters. The molecule has 6 N–H and O–H groups in total. The lowest BCUT2D eigenvalue weighted by Crippen LogP contribution is -2.47. The number of nitrogens with two attached hydrogens (primary N) is 2. The summed E-state index contributed by atoms with van der Waals surface area (Å²) >= 11 is 0. The molecule has 6 nitrogen and oxygen atoms in total. The van der Waals surface area contributed by atoms with Gasteiger partial charge in [0.25, 0.3) is 0 Å². The minimum absolute atomic E-state index is 0. The van der Waals surface area contributed by atoms with Gasteiger partial charge in [0.05, 0.1) is 5.69 Å². The van der Waals surface area contributed by atoms with Gasteiger partial charge in [0.15, 0.2) is 0 Å². The van der Waals surface area contributed by atoms with Crippen molar-refractivity contribution in [1.29, 1.82) is 5.41 Å². The third-order valence-corrected chi connectivity index (χ3v) is 2.93. The molecule has 0 spiro atoms. The molecule has 0 fully saturated rings. The van der Waals surface area contributed by atoms with Crippen LogP contribution in [0.25, 0.3) is 0 Å². The van der Waals surface area contributed by atoms with Gasteiger partial charge in [-0.05, 0) is 36.1 Å². The molecule has 0 aliphatic rings. The standard InChI is InChI=1S/C13H21N5O.2ClH/c1-4-8-6-10(14)7-9(5-2)11(8)18(12(15)16)13(19)17-3;;/h6-7H,4-5,14H2,1-3H3,(H3,15,16)(H,17,19);2*1H. The molecule has 0 bridgehead atoms. The lowest BCUT2D eigenvalue weighted by molar-refractivity contribution is 0.251. The van der Waals surface area contributed by atoms with E-state index in [4.69, 9.17) is 16.9 Å². The number of nitrogen functional groups attached to an aromatic ring is 1. The molecule has 21 heavy (non-hydrogen) atoms. The molecule has 1 aromatic rings. The second-order valence-corrected chi connectivity index (χ2v) is 4.17. The summed E-state index contributed by atoms with van der Waals surface area (Å²) in [5.74, 6) is -0.312. The van der Waals surface area contributed by atoms with Crippen molar-refractivity contribution in [3.05, 3.63) is 23.3 Å². The van der Waals surface area contributed by atoms with E-state index in [1.165, 1.54) is 11.9 Å². The van der Waals surface area contributed by atoms with Gasteiger partial charge in [-0.1, -0.05) is 13.8 Å². The number of benzene rings is 1. The lowest BCUT2D eigenvalue weighted by atomic mass is 10.0. The van der Waals surface area contributed by atoms with Crippen molar-refractivity contribution < 1.29 is 4.79 Å². The first-order valence-electron chi connectivity index (χ1n) is 6.23. The van der Waals surface area contributed by atoms with E-state index in [-0.39, 0.29) is 30.8 Å². The van der Waals surface area contributed by atoms with E-state index in [9.17, 15) is 4.79 Å². The van der Waals surface area contributed by atoms with Crippen LogP contribution in [0.1, 0.15) is 25.0 Å². The van der Waals surface area contributed by atoms with Crippen LogP contribution in [0, 0.1) is 5.41 Å². The summed E-state index contributed by atoms with van der Waals surface area (Å²) < 4.78 is 0. The number of hydrogen-bond acceptors (Lipinski definition) is 3. The van der Waals surface area contributed by atoms with Gasteiger partial charge in [0.1, 0.15) is 0 Å². The Bertz CT molecular complexity index is 482. The summed E-state index contributed by atoms with van der Waals surface area (Å²) in [6.45, 7) is 3.94. The molecular formula is C13H23Cl2N5O. The highest BCUT2D eigenvalue weighted by atomic mass is 35.5.